The zero-order valence-electron chi connectivity index (χ0n) is 10.2. The molecule has 2 nitrogen and oxygen atoms in total. The van der Waals surface area contributed by atoms with Crippen molar-refractivity contribution in [2.75, 3.05) is 6.61 Å². The predicted molar refractivity (Wildman–Crippen MR) is 73.2 cm³/mol. The van der Waals surface area contributed by atoms with E-state index in [1.54, 1.807) is 11.3 Å². The molecule has 0 saturated carbocycles. The fourth-order valence-corrected chi connectivity index (χ4v) is 2.71. The van der Waals surface area contributed by atoms with Gasteiger partial charge >= 0.3 is 0 Å². The monoisotopic (exact) mass is 248 g/mol. The third kappa shape index (κ3) is 2.50. The molecule has 0 aliphatic rings. The Morgan fingerprint density at radius 3 is 2.82 bits per heavy atom. The van der Waals surface area contributed by atoms with Gasteiger partial charge in [-0.1, -0.05) is 25.5 Å². The van der Waals surface area contributed by atoms with Gasteiger partial charge in [-0.15, -0.1) is 11.3 Å². The zero-order chi connectivity index (χ0) is 12.3. The molecule has 0 saturated heterocycles. The Morgan fingerprint density at radius 2 is 2.06 bits per heavy atom. The van der Waals surface area contributed by atoms with E-state index in [9.17, 15) is 4.79 Å². The Bertz CT molecular complexity index is 572. The number of unbranched alkanes of at least 4 members (excludes halogenated alkanes) is 1. The molecule has 1 heterocycles. The average Bonchev–Trinajstić information content (AvgIpc) is 2.33. The van der Waals surface area contributed by atoms with E-state index in [1.807, 2.05) is 31.2 Å². The summed E-state index contributed by atoms with van der Waals surface area (Å²) in [5, 5.41) is 0.759. The maximum absolute atomic E-state index is 12.2. The van der Waals surface area contributed by atoms with Gasteiger partial charge in [-0.2, -0.15) is 0 Å². The number of benzene rings is 1. The van der Waals surface area contributed by atoms with Crippen LogP contribution in [0, 0.1) is 6.92 Å². The molecule has 1 aromatic heterocycles. The number of fused-ring (bicyclic) bond motifs is 1. The summed E-state index contributed by atoms with van der Waals surface area (Å²) >= 11 is 1.62. The molecule has 0 bridgehead atoms. The average molecular weight is 248 g/mol. The van der Waals surface area contributed by atoms with Crippen LogP contribution in [-0.4, -0.2) is 6.61 Å². The first-order valence-electron chi connectivity index (χ1n) is 5.89. The number of aryl methyl sites for hydroxylation is 1. The molecule has 3 heteroatoms. The SMILES string of the molecule is CCCCOc1c(C)sc2ccccc2c1=O. The largest absolute Gasteiger partial charge is 0.488 e. The van der Waals surface area contributed by atoms with Gasteiger partial charge in [0.05, 0.1) is 6.61 Å². The van der Waals surface area contributed by atoms with E-state index in [0.717, 1.165) is 27.8 Å². The Morgan fingerprint density at radius 1 is 1.29 bits per heavy atom. The number of hydrogen-bond donors (Lipinski definition) is 0. The number of ether oxygens (including phenoxy) is 1. The smallest absolute Gasteiger partial charge is 0.230 e. The van der Waals surface area contributed by atoms with E-state index in [2.05, 4.69) is 6.92 Å². The van der Waals surface area contributed by atoms with Crippen LogP contribution in [0.1, 0.15) is 24.6 Å². The number of rotatable bonds is 4. The highest BCUT2D eigenvalue weighted by Crippen LogP contribution is 2.25. The lowest BCUT2D eigenvalue weighted by Gasteiger charge is -2.08. The van der Waals surface area contributed by atoms with Crippen LogP contribution in [0.3, 0.4) is 0 Å². The molecule has 0 unspecified atom stereocenters. The van der Waals surface area contributed by atoms with E-state index in [-0.39, 0.29) is 5.43 Å². The van der Waals surface area contributed by atoms with Gasteiger partial charge in [0.25, 0.3) is 0 Å². The van der Waals surface area contributed by atoms with Crippen LogP contribution in [-0.2, 0) is 0 Å². The lowest BCUT2D eigenvalue weighted by atomic mass is 10.2. The highest BCUT2D eigenvalue weighted by Gasteiger charge is 2.10. The first-order valence-corrected chi connectivity index (χ1v) is 6.71. The van der Waals surface area contributed by atoms with Gasteiger partial charge in [0, 0.05) is 15.0 Å². The lowest BCUT2D eigenvalue weighted by Crippen LogP contribution is -2.10. The van der Waals surface area contributed by atoms with Gasteiger partial charge in [0.1, 0.15) is 0 Å². The summed E-state index contributed by atoms with van der Waals surface area (Å²) < 4.78 is 6.64. The minimum atomic E-state index is 0.0213. The second kappa shape index (κ2) is 5.32. The molecule has 0 N–H and O–H groups in total. The van der Waals surface area contributed by atoms with Crippen molar-refractivity contribution in [3.8, 4) is 5.75 Å². The molecule has 2 rings (SSSR count). The molecule has 0 aliphatic carbocycles. The van der Waals surface area contributed by atoms with E-state index in [0.29, 0.717) is 12.4 Å². The van der Waals surface area contributed by atoms with E-state index >= 15 is 0 Å². The van der Waals surface area contributed by atoms with Crippen LogP contribution in [0.15, 0.2) is 29.1 Å². The van der Waals surface area contributed by atoms with E-state index in [4.69, 9.17) is 4.74 Å². The van der Waals surface area contributed by atoms with Crippen molar-refractivity contribution in [2.45, 2.75) is 26.7 Å². The van der Waals surface area contributed by atoms with Gasteiger partial charge in [-0.05, 0) is 25.5 Å². The van der Waals surface area contributed by atoms with Gasteiger partial charge in [-0.3, -0.25) is 4.79 Å². The second-order valence-electron chi connectivity index (χ2n) is 4.01. The first-order chi connectivity index (χ1) is 8.24. The zero-order valence-corrected chi connectivity index (χ0v) is 11.0. The third-order valence-corrected chi connectivity index (χ3v) is 3.73. The molecule has 90 valence electrons. The Balaban J connectivity index is 2.45. The quantitative estimate of drug-likeness (QED) is 0.770. The minimum Gasteiger partial charge on any atom is -0.488 e. The van der Waals surface area contributed by atoms with Crippen molar-refractivity contribution in [1.82, 2.24) is 0 Å². The summed E-state index contributed by atoms with van der Waals surface area (Å²) in [7, 11) is 0. The van der Waals surface area contributed by atoms with Crippen LogP contribution in [0.4, 0.5) is 0 Å². The van der Waals surface area contributed by atoms with Gasteiger partial charge in [0.15, 0.2) is 5.75 Å². The topological polar surface area (TPSA) is 26.3 Å². The molecule has 0 atom stereocenters. The lowest BCUT2D eigenvalue weighted by molar-refractivity contribution is 0.306. The van der Waals surface area contributed by atoms with Crippen molar-refractivity contribution >= 4 is 21.4 Å². The number of hydrogen-bond acceptors (Lipinski definition) is 3. The van der Waals surface area contributed by atoms with Crippen molar-refractivity contribution in [2.24, 2.45) is 0 Å². The molecule has 1 aromatic carbocycles. The van der Waals surface area contributed by atoms with Gasteiger partial charge < -0.3 is 4.74 Å². The summed E-state index contributed by atoms with van der Waals surface area (Å²) in [6.07, 6.45) is 2.06. The second-order valence-corrected chi connectivity index (χ2v) is 5.27. The normalized spacial score (nSPS) is 10.7. The fraction of sp³-hybridized carbons (Fsp3) is 0.357. The van der Waals surface area contributed by atoms with Crippen molar-refractivity contribution in [3.05, 3.63) is 39.4 Å². The molecule has 17 heavy (non-hydrogen) atoms. The van der Waals surface area contributed by atoms with Crippen LogP contribution >= 0.6 is 11.3 Å². The predicted octanol–water partition coefficient (Wildman–Crippen LogP) is 3.75. The highest BCUT2D eigenvalue weighted by molar-refractivity contribution is 7.18. The van der Waals surface area contributed by atoms with Crippen LogP contribution in [0.25, 0.3) is 10.1 Å². The maximum atomic E-state index is 12.2. The van der Waals surface area contributed by atoms with Crippen LogP contribution in [0.5, 0.6) is 5.75 Å². The molecule has 0 aliphatic heterocycles. The summed E-state index contributed by atoms with van der Waals surface area (Å²) in [5.74, 6) is 0.530. The van der Waals surface area contributed by atoms with Gasteiger partial charge in [-0.25, -0.2) is 0 Å². The standard InChI is InChI=1S/C14H16O2S/c1-3-4-9-16-14-10(2)17-12-8-6-5-7-11(12)13(14)15/h5-8H,3-4,9H2,1-2H3. The summed E-state index contributed by atoms with van der Waals surface area (Å²) in [6.45, 7) is 4.68. The van der Waals surface area contributed by atoms with Crippen LogP contribution in [0.2, 0.25) is 0 Å². The van der Waals surface area contributed by atoms with Gasteiger partial charge in [0.2, 0.25) is 5.43 Å². The molecular weight excluding hydrogens is 232 g/mol. The fourth-order valence-electron chi connectivity index (χ4n) is 1.72. The molecule has 0 radical (unpaired) electrons. The molecule has 0 spiro atoms. The summed E-state index contributed by atoms with van der Waals surface area (Å²) in [4.78, 5) is 13.2. The Kier molecular flexibility index (Phi) is 3.79. The van der Waals surface area contributed by atoms with E-state index < -0.39 is 0 Å². The summed E-state index contributed by atoms with van der Waals surface area (Å²) in [6, 6.07) is 7.68. The maximum Gasteiger partial charge on any atom is 0.230 e. The molecule has 0 amide bonds. The Hall–Kier alpha value is -1.35. The molecule has 2 aromatic rings. The molecule has 0 fully saturated rings. The van der Waals surface area contributed by atoms with Crippen molar-refractivity contribution < 1.29 is 4.74 Å². The Labute approximate surface area is 105 Å². The van der Waals surface area contributed by atoms with Crippen molar-refractivity contribution in [1.29, 1.82) is 0 Å². The summed E-state index contributed by atoms with van der Waals surface area (Å²) in [5.41, 5.74) is 0.0213. The molecular formula is C14H16O2S. The van der Waals surface area contributed by atoms with Crippen molar-refractivity contribution in [3.63, 3.8) is 0 Å². The third-order valence-electron chi connectivity index (χ3n) is 2.67. The minimum absolute atomic E-state index is 0.0213. The van der Waals surface area contributed by atoms with E-state index in [1.165, 1.54) is 0 Å². The first kappa shape index (κ1) is 12.1. The van der Waals surface area contributed by atoms with Crippen LogP contribution < -0.4 is 10.2 Å². The highest BCUT2D eigenvalue weighted by atomic mass is 32.1.